The lowest BCUT2D eigenvalue weighted by molar-refractivity contribution is -0.386. The highest BCUT2D eigenvalue weighted by Crippen LogP contribution is 2.27. The van der Waals surface area contributed by atoms with Gasteiger partial charge >= 0.3 is 17.7 Å². The van der Waals surface area contributed by atoms with Crippen molar-refractivity contribution in [3.05, 3.63) is 34.4 Å². The predicted molar refractivity (Wildman–Crippen MR) is 84.0 cm³/mol. The second-order valence-corrected chi connectivity index (χ2v) is 6.01. The van der Waals surface area contributed by atoms with Crippen LogP contribution < -0.4 is 10.1 Å². The second-order valence-electron chi connectivity index (χ2n) is 6.01. The molecule has 24 heavy (non-hydrogen) atoms. The number of rotatable bonds is 6. The Morgan fingerprint density at radius 3 is 2.38 bits per heavy atom. The number of alkyl carbamates (subject to hydrolysis) is 1. The molecule has 0 radical (unpaired) electrons. The normalized spacial score (nSPS) is 13.5. The molecule has 1 aromatic carbocycles. The van der Waals surface area contributed by atoms with Crippen LogP contribution in [0.1, 0.15) is 27.7 Å². The van der Waals surface area contributed by atoms with Gasteiger partial charge in [-0.05, 0) is 33.8 Å². The largest absolute Gasteiger partial charge is 0.481 e. The van der Waals surface area contributed by atoms with E-state index in [4.69, 9.17) is 9.47 Å². The zero-order valence-electron chi connectivity index (χ0n) is 13.8. The fourth-order valence-corrected chi connectivity index (χ4v) is 1.79. The third-order valence-corrected chi connectivity index (χ3v) is 2.78. The number of carboxylic acids is 1. The molecular formula is C15H20N2O7. The van der Waals surface area contributed by atoms with Gasteiger partial charge in [0.1, 0.15) is 11.7 Å². The van der Waals surface area contributed by atoms with Gasteiger partial charge in [0.2, 0.25) is 0 Å². The van der Waals surface area contributed by atoms with Crippen molar-refractivity contribution in [1.29, 1.82) is 0 Å². The van der Waals surface area contributed by atoms with Crippen LogP contribution in [0, 0.1) is 10.1 Å². The lowest BCUT2D eigenvalue weighted by Crippen LogP contribution is -2.51. The summed E-state index contributed by atoms with van der Waals surface area (Å²) < 4.78 is 10.4. The molecule has 0 aliphatic rings. The van der Waals surface area contributed by atoms with Crippen molar-refractivity contribution >= 4 is 17.7 Å². The molecular weight excluding hydrogens is 320 g/mol. The highest BCUT2D eigenvalue weighted by atomic mass is 16.6. The minimum Gasteiger partial charge on any atom is -0.481 e. The molecule has 9 nitrogen and oxygen atoms in total. The van der Waals surface area contributed by atoms with Crippen LogP contribution in [0.4, 0.5) is 10.5 Å². The van der Waals surface area contributed by atoms with Crippen LogP contribution in [0.15, 0.2) is 24.3 Å². The summed E-state index contributed by atoms with van der Waals surface area (Å²) in [5, 5.41) is 22.4. The average molecular weight is 340 g/mol. The van der Waals surface area contributed by atoms with Gasteiger partial charge in [0.15, 0.2) is 11.8 Å². The van der Waals surface area contributed by atoms with Crippen molar-refractivity contribution in [2.75, 3.05) is 0 Å². The minimum absolute atomic E-state index is 0.0905. The third kappa shape index (κ3) is 5.75. The molecule has 1 rings (SSSR count). The molecule has 1 amide bonds. The van der Waals surface area contributed by atoms with Gasteiger partial charge in [-0.15, -0.1) is 0 Å². The molecule has 0 fully saturated rings. The van der Waals surface area contributed by atoms with E-state index < -0.39 is 34.7 Å². The number of carboxylic acid groups (broad SMARTS) is 1. The quantitative estimate of drug-likeness (QED) is 0.600. The molecule has 0 spiro atoms. The zero-order chi connectivity index (χ0) is 18.5. The Kier molecular flexibility index (Phi) is 6.10. The number of nitro groups is 1. The highest BCUT2D eigenvalue weighted by molar-refractivity contribution is 5.80. The van der Waals surface area contributed by atoms with Crippen LogP contribution in [0.3, 0.4) is 0 Å². The molecule has 0 unspecified atom stereocenters. The zero-order valence-corrected chi connectivity index (χ0v) is 13.8. The molecule has 0 bridgehead atoms. The summed E-state index contributed by atoms with van der Waals surface area (Å²) in [5.41, 5.74) is -1.10. The van der Waals surface area contributed by atoms with Gasteiger partial charge in [-0.1, -0.05) is 12.1 Å². The van der Waals surface area contributed by atoms with E-state index in [1.807, 2.05) is 0 Å². The van der Waals surface area contributed by atoms with Crippen molar-refractivity contribution in [2.24, 2.45) is 0 Å². The number of hydrogen-bond acceptors (Lipinski definition) is 6. The fourth-order valence-electron chi connectivity index (χ4n) is 1.79. The SMILES string of the molecule is C[C@H](Oc1ccccc1[N+](=O)[O-])[C@@H](NC(=O)OC(C)(C)C)C(=O)O. The first-order valence-corrected chi connectivity index (χ1v) is 7.13. The first-order valence-electron chi connectivity index (χ1n) is 7.13. The molecule has 132 valence electrons. The number of carbonyl (C=O) groups excluding carboxylic acids is 1. The number of para-hydroxylation sites is 2. The predicted octanol–water partition coefficient (Wildman–Crippen LogP) is 2.34. The van der Waals surface area contributed by atoms with E-state index in [0.717, 1.165) is 0 Å². The number of hydrogen-bond donors (Lipinski definition) is 2. The summed E-state index contributed by atoms with van der Waals surface area (Å²) in [6, 6.07) is 4.12. The first kappa shape index (κ1) is 19.2. The van der Waals surface area contributed by atoms with Crippen molar-refractivity contribution < 1.29 is 29.1 Å². The maximum absolute atomic E-state index is 11.7. The standard InChI is InChI=1S/C15H20N2O7/c1-9(23-11-8-6-5-7-10(11)17(21)22)12(13(18)19)16-14(20)24-15(2,3)4/h5-9,12H,1-4H3,(H,16,20)(H,18,19)/t9-,12+/m0/s1. The Labute approximate surface area is 138 Å². The number of nitro benzene ring substituents is 1. The summed E-state index contributed by atoms with van der Waals surface area (Å²) in [5.74, 6) is -1.45. The lowest BCUT2D eigenvalue weighted by atomic mass is 10.1. The number of nitrogens with zero attached hydrogens (tertiary/aromatic N) is 1. The Balaban J connectivity index is 2.88. The van der Waals surface area contributed by atoms with Crippen molar-refractivity contribution in [3.63, 3.8) is 0 Å². The van der Waals surface area contributed by atoms with Gasteiger partial charge in [0.25, 0.3) is 0 Å². The van der Waals surface area contributed by atoms with Crippen LogP contribution in [0.5, 0.6) is 5.75 Å². The molecule has 0 aliphatic heterocycles. The minimum atomic E-state index is -1.44. The first-order chi connectivity index (χ1) is 11.0. The van der Waals surface area contributed by atoms with Crippen LogP contribution in [0.2, 0.25) is 0 Å². The van der Waals surface area contributed by atoms with Gasteiger partial charge < -0.3 is 19.9 Å². The Hall–Kier alpha value is -2.84. The van der Waals surface area contributed by atoms with Crippen molar-refractivity contribution in [2.45, 2.75) is 45.4 Å². The van der Waals surface area contributed by atoms with Crippen molar-refractivity contribution in [1.82, 2.24) is 5.32 Å². The monoisotopic (exact) mass is 340 g/mol. The molecule has 2 N–H and O–H groups in total. The summed E-state index contributed by atoms with van der Waals surface area (Å²) in [4.78, 5) is 33.4. The number of benzene rings is 1. The van der Waals surface area contributed by atoms with E-state index in [-0.39, 0.29) is 11.4 Å². The number of ether oxygens (including phenoxy) is 2. The number of nitrogens with one attached hydrogen (secondary N) is 1. The van der Waals surface area contributed by atoms with Crippen LogP contribution in [-0.2, 0) is 9.53 Å². The fraction of sp³-hybridized carbons (Fsp3) is 0.467. The maximum Gasteiger partial charge on any atom is 0.408 e. The average Bonchev–Trinajstić information content (AvgIpc) is 2.42. The number of amides is 1. The maximum atomic E-state index is 11.7. The summed E-state index contributed by atoms with van der Waals surface area (Å²) in [7, 11) is 0. The van der Waals surface area contributed by atoms with E-state index in [1.165, 1.54) is 31.2 Å². The molecule has 0 saturated carbocycles. The van der Waals surface area contributed by atoms with E-state index in [1.54, 1.807) is 20.8 Å². The Morgan fingerprint density at radius 1 is 1.29 bits per heavy atom. The van der Waals surface area contributed by atoms with E-state index in [0.29, 0.717) is 0 Å². The van der Waals surface area contributed by atoms with Crippen LogP contribution in [-0.4, -0.2) is 39.8 Å². The van der Waals surface area contributed by atoms with Crippen LogP contribution in [0.25, 0.3) is 0 Å². The second kappa shape index (κ2) is 7.62. The Morgan fingerprint density at radius 2 is 1.88 bits per heavy atom. The van der Waals surface area contributed by atoms with E-state index >= 15 is 0 Å². The van der Waals surface area contributed by atoms with E-state index in [2.05, 4.69) is 5.32 Å². The molecule has 1 aromatic rings. The van der Waals surface area contributed by atoms with Crippen molar-refractivity contribution in [3.8, 4) is 5.75 Å². The molecule has 9 heteroatoms. The van der Waals surface area contributed by atoms with Gasteiger partial charge in [0, 0.05) is 6.07 Å². The Bertz CT molecular complexity index is 624. The lowest BCUT2D eigenvalue weighted by Gasteiger charge is -2.25. The van der Waals surface area contributed by atoms with Gasteiger partial charge in [0.05, 0.1) is 4.92 Å². The molecule has 0 aromatic heterocycles. The van der Waals surface area contributed by atoms with Crippen LogP contribution >= 0.6 is 0 Å². The molecule has 0 saturated heterocycles. The third-order valence-electron chi connectivity index (χ3n) is 2.78. The van der Waals surface area contributed by atoms with Gasteiger partial charge in [-0.25, -0.2) is 9.59 Å². The summed E-state index contributed by atoms with van der Waals surface area (Å²) in [6.07, 6.45) is -2.00. The molecule has 2 atom stereocenters. The number of aliphatic carboxylic acids is 1. The van der Waals surface area contributed by atoms with Gasteiger partial charge in [-0.3, -0.25) is 10.1 Å². The van der Waals surface area contributed by atoms with E-state index in [9.17, 15) is 24.8 Å². The summed E-state index contributed by atoms with van der Waals surface area (Å²) >= 11 is 0. The molecule has 0 aliphatic carbocycles. The smallest absolute Gasteiger partial charge is 0.408 e. The molecule has 0 heterocycles. The van der Waals surface area contributed by atoms with Gasteiger partial charge in [-0.2, -0.15) is 0 Å². The topological polar surface area (TPSA) is 128 Å². The highest BCUT2D eigenvalue weighted by Gasteiger charge is 2.31. The number of carbonyl (C=O) groups is 2. The summed E-state index contributed by atoms with van der Waals surface area (Å²) in [6.45, 7) is 6.29.